The first-order chi connectivity index (χ1) is 18.9. The number of Topliss-reactive ketones (excluding diaryl/α,β-unsaturated/α-hetero) is 1. The molecule has 1 heterocycles. The van der Waals surface area contributed by atoms with Gasteiger partial charge in [0.15, 0.2) is 11.6 Å². The smallest absolute Gasteiger partial charge is 0.336 e. The van der Waals surface area contributed by atoms with Crippen LogP contribution in [0.2, 0.25) is 5.02 Å². The molecule has 0 amide bonds. The molecule has 0 aliphatic heterocycles. The Labute approximate surface area is 230 Å². The van der Waals surface area contributed by atoms with Crippen molar-refractivity contribution in [2.75, 3.05) is 0 Å². The van der Waals surface area contributed by atoms with Gasteiger partial charge in [-0.15, -0.1) is 0 Å². The van der Waals surface area contributed by atoms with Crippen molar-refractivity contribution in [1.29, 1.82) is 0 Å². The Morgan fingerprint density at radius 1 is 0.949 bits per heavy atom. The monoisotopic (exact) mass is 540 g/mol. The fourth-order valence-electron chi connectivity index (χ4n) is 5.00. The van der Waals surface area contributed by atoms with Gasteiger partial charge in [-0.1, -0.05) is 73.5 Å². The van der Waals surface area contributed by atoms with Crippen LogP contribution < -0.4 is 0 Å². The highest BCUT2D eigenvalue weighted by molar-refractivity contribution is 6.31. The highest BCUT2D eigenvalue weighted by Crippen LogP contribution is 2.37. The Kier molecular flexibility index (Phi) is 7.57. The van der Waals surface area contributed by atoms with Gasteiger partial charge >= 0.3 is 5.97 Å². The number of nitrogens with zero attached hydrogens (tertiary/aromatic N) is 1. The molecule has 0 saturated heterocycles. The topological polar surface area (TPSA) is 83.0 Å². The molecule has 0 saturated carbocycles. The molecule has 4 aromatic carbocycles. The van der Waals surface area contributed by atoms with E-state index in [1.807, 2.05) is 30.3 Å². The van der Waals surface area contributed by atoms with Crippen molar-refractivity contribution in [2.24, 2.45) is 0 Å². The van der Waals surface area contributed by atoms with Crippen molar-refractivity contribution in [3.8, 4) is 22.5 Å². The van der Waals surface area contributed by atoms with Gasteiger partial charge in [0.05, 0.1) is 11.1 Å². The van der Waals surface area contributed by atoms with Crippen molar-refractivity contribution < 1.29 is 19.1 Å². The van der Waals surface area contributed by atoms with Crippen molar-refractivity contribution in [1.82, 2.24) is 9.97 Å². The van der Waals surface area contributed by atoms with E-state index < -0.39 is 11.8 Å². The lowest BCUT2D eigenvalue weighted by molar-refractivity contribution is 0.0697. The number of aromatic carboxylic acids is 1. The van der Waals surface area contributed by atoms with E-state index in [1.165, 1.54) is 12.1 Å². The number of carbonyl (C=O) groups excluding carboxylic acids is 1. The number of fused-ring (bicyclic) bond motifs is 1. The molecule has 0 unspecified atom stereocenters. The van der Waals surface area contributed by atoms with Gasteiger partial charge in [0.2, 0.25) is 0 Å². The lowest BCUT2D eigenvalue weighted by Crippen LogP contribution is -2.10. The predicted molar refractivity (Wildman–Crippen MR) is 152 cm³/mol. The number of carboxylic acids is 1. The maximum atomic E-state index is 14.3. The maximum Gasteiger partial charge on any atom is 0.336 e. The summed E-state index contributed by atoms with van der Waals surface area (Å²) in [7, 11) is 0. The zero-order chi connectivity index (χ0) is 27.5. The summed E-state index contributed by atoms with van der Waals surface area (Å²) in [6.07, 6.45) is 2.06. The normalized spacial score (nSPS) is 12.0. The Morgan fingerprint density at radius 2 is 1.72 bits per heavy atom. The summed E-state index contributed by atoms with van der Waals surface area (Å²) in [6, 6.07) is 24.3. The van der Waals surface area contributed by atoms with Gasteiger partial charge in [0.1, 0.15) is 11.3 Å². The summed E-state index contributed by atoms with van der Waals surface area (Å²) in [5.41, 5.74) is 3.55. The minimum atomic E-state index is -1.17. The molecule has 5 rings (SSSR count). The molecule has 5 nitrogen and oxygen atoms in total. The van der Waals surface area contributed by atoms with E-state index in [2.05, 4.69) is 16.9 Å². The second-order valence-corrected chi connectivity index (χ2v) is 9.94. The number of carboxylic acid groups (broad SMARTS) is 1. The number of ketones is 1. The van der Waals surface area contributed by atoms with Gasteiger partial charge in [-0.05, 0) is 65.4 Å². The number of aromatic nitrogens is 2. The Morgan fingerprint density at radius 3 is 2.44 bits per heavy atom. The van der Waals surface area contributed by atoms with Crippen LogP contribution in [0, 0.1) is 5.82 Å². The fraction of sp³-hybridized carbons (Fsp3) is 0.156. The van der Waals surface area contributed by atoms with E-state index in [0.717, 1.165) is 18.4 Å². The molecule has 1 atom stereocenters. The first kappa shape index (κ1) is 26.3. The number of para-hydroxylation sites is 1. The maximum absolute atomic E-state index is 14.3. The number of benzene rings is 4. The summed E-state index contributed by atoms with van der Waals surface area (Å²) in [4.78, 5) is 33.3. The molecule has 196 valence electrons. The van der Waals surface area contributed by atoms with E-state index in [4.69, 9.17) is 11.6 Å². The van der Waals surface area contributed by atoms with Gasteiger partial charge < -0.3 is 10.1 Å². The SMILES string of the molecule is CCC[C@@H](CC(=O)c1ccc(-c2cc(Cl)ccc2-c2nc3c(F)cccc3[nH]2)c(C(=O)O)c1)c1ccccc1. The third kappa shape index (κ3) is 5.47. The molecular weight excluding hydrogens is 515 g/mol. The number of H-pyrrole nitrogens is 1. The Bertz CT molecular complexity index is 1680. The number of imidazole rings is 1. The van der Waals surface area contributed by atoms with Crippen LogP contribution in [0.1, 0.15) is 58.4 Å². The molecule has 0 fully saturated rings. The van der Waals surface area contributed by atoms with Crippen LogP contribution >= 0.6 is 11.6 Å². The van der Waals surface area contributed by atoms with E-state index in [1.54, 1.807) is 42.5 Å². The van der Waals surface area contributed by atoms with E-state index in [-0.39, 0.29) is 29.2 Å². The van der Waals surface area contributed by atoms with Crippen LogP contribution in [-0.4, -0.2) is 26.8 Å². The average Bonchev–Trinajstić information content (AvgIpc) is 3.38. The predicted octanol–water partition coefficient (Wildman–Crippen LogP) is 8.54. The first-order valence-corrected chi connectivity index (χ1v) is 13.1. The van der Waals surface area contributed by atoms with Crippen LogP contribution in [0.15, 0.2) is 84.9 Å². The van der Waals surface area contributed by atoms with Crippen LogP contribution in [0.4, 0.5) is 4.39 Å². The van der Waals surface area contributed by atoms with Crippen molar-refractivity contribution in [3.05, 3.63) is 112 Å². The van der Waals surface area contributed by atoms with Gasteiger partial charge in [0.25, 0.3) is 0 Å². The molecular formula is C32H26ClFN2O3. The second kappa shape index (κ2) is 11.2. The highest BCUT2D eigenvalue weighted by Gasteiger charge is 2.22. The Balaban J connectivity index is 1.55. The zero-order valence-corrected chi connectivity index (χ0v) is 22.0. The number of hydrogen-bond donors (Lipinski definition) is 2. The molecule has 1 aromatic heterocycles. The molecule has 5 aromatic rings. The number of hydrogen-bond acceptors (Lipinski definition) is 3. The van der Waals surface area contributed by atoms with Crippen LogP contribution in [0.5, 0.6) is 0 Å². The quantitative estimate of drug-likeness (QED) is 0.183. The van der Waals surface area contributed by atoms with E-state index in [0.29, 0.717) is 38.6 Å². The molecule has 2 N–H and O–H groups in total. The standard InChI is InChI=1S/C32H26ClFN2O3/c1-2-7-20(19-8-4-3-5-9-19)17-29(37)21-12-14-23(26(16-21)32(38)39)25-18-22(33)13-15-24(25)31-35-28-11-6-10-27(34)30(28)36-31/h3-6,8-16,18,20H,2,7,17H2,1H3,(H,35,36)(H,38,39)/t20-/m0/s1. The molecule has 0 radical (unpaired) electrons. The van der Waals surface area contributed by atoms with Gasteiger partial charge in [-0.3, -0.25) is 4.79 Å². The van der Waals surface area contributed by atoms with Gasteiger partial charge in [0, 0.05) is 22.6 Å². The largest absolute Gasteiger partial charge is 0.478 e. The molecule has 7 heteroatoms. The molecule has 0 bridgehead atoms. The first-order valence-electron chi connectivity index (χ1n) is 12.8. The summed E-state index contributed by atoms with van der Waals surface area (Å²) < 4.78 is 14.3. The lowest BCUT2D eigenvalue weighted by Gasteiger charge is -2.17. The summed E-state index contributed by atoms with van der Waals surface area (Å²) in [6.45, 7) is 2.08. The fourth-order valence-corrected chi connectivity index (χ4v) is 5.17. The van der Waals surface area contributed by atoms with Gasteiger partial charge in [-0.2, -0.15) is 0 Å². The molecule has 0 spiro atoms. The minimum absolute atomic E-state index is 0.0292. The molecule has 39 heavy (non-hydrogen) atoms. The van der Waals surface area contributed by atoms with E-state index in [9.17, 15) is 19.1 Å². The lowest BCUT2D eigenvalue weighted by atomic mass is 9.87. The highest BCUT2D eigenvalue weighted by atomic mass is 35.5. The van der Waals surface area contributed by atoms with Crippen LogP contribution in [-0.2, 0) is 0 Å². The summed E-state index contributed by atoms with van der Waals surface area (Å²) in [5, 5.41) is 10.5. The third-order valence-electron chi connectivity index (χ3n) is 6.90. The summed E-state index contributed by atoms with van der Waals surface area (Å²) in [5.74, 6) is -1.33. The van der Waals surface area contributed by atoms with Crippen molar-refractivity contribution in [3.63, 3.8) is 0 Å². The number of carbonyl (C=O) groups is 2. The number of halogens is 2. The number of rotatable bonds is 9. The minimum Gasteiger partial charge on any atom is -0.478 e. The van der Waals surface area contributed by atoms with Gasteiger partial charge in [-0.25, -0.2) is 14.2 Å². The van der Waals surface area contributed by atoms with E-state index >= 15 is 0 Å². The average molecular weight is 541 g/mol. The van der Waals surface area contributed by atoms with Crippen molar-refractivity contribution >= 4 is 34.4 Å². The zero-order valence-electron chi connectivity index (χ0n) is 21.2. The van der Waals surface area contributed by atoms with Crippen molar-refractivity contribution in [2.45, 2.75) is 32.1 Å². The van der Waals surface area contributed by atoms with Crippen LogP contribution in [0.25, 0.3) is 33.5 Å². The summed E-state index contributed by atoms with van der Waals surface area (Å²) >= 11 is 6.32. The third-order valence-corrected chi connectivity index (χ3v) is 7.14. The second-order valence-electron chi connectivity index (χ2n) is 9.50. The number of nitrogens with one attached hydrogen (secondary N) is 1. The van der Waals surface area contributed by atoms with Crippen LogP contribution in [0.3, 0.4) is 0 Å². The Hall–Kier alpha value is -4.29. The number of aromatic amines is 1. The molecule has 0 aliphatic carbocycles. The molecule has 0 aliphatic rings.